The maximum Gasteiger partial charge on any atom is 0.138 e. The summed E-state index contributed by atoms with van der Waals surface area (Å²) in [6, 6.07) is 30.4. The molecule has 0 aromatic heterocycles. The van der Waals surface area contributed by atoms with Crippen molar-refractivity contribution in [3.8, 4) is 16.9 Å². The Kier molecular flexibility index (Phi) is 3.46. The second kappa shape index (κ2) is 5.89. The van der Waals surface area contributed by atoms with Gasteiger partial charge in [0.05, 0.1) is 11.1 Å². The molecule has 3 nitrogen and oxygen atoms in total. The summed E-state index contributed by atoms with van der Waals surface area (Å²) in [6.45, 7) is 0. The first-order valence-corrected chi connectivity index (χ1v) is 9.27. The van der Waals surface area contributed by atoms with Gasteiger partial charge in [-0.25, -0.2) is 0 Å². The highest BCUT2D eigenvalue weighted by atomic mass is 16.3. The lowest BCUT2D eigenvalue weighted by Crippen LogP contribution is -2.28. The van der Waals surface area contributed by atoms with E-state index in [9.17, 15) is 5.11 Å². The van der Waals surface area contributed by atoms with Crippen molar-refractivity contribution < 1.29 is 5.11 Å². The molecule has 0 atom stereocenters. The van der Waals surface area contributed by atoms with Crippen LogP contribution in [0.2, 0.25) is 0 Å². The summed E-state index contributed by atoms with van der Waals surface area (Å²) in [5.41, 5.74) is 19.7. The number of phenols is 1. The highest BCUT2D eigenvalue weighted by Crippen LogP contribution is 2.56. The second-order valence-corrected chi connectivity index (χ2v) is 7.24. The van der Waals surface area contributed by atoms with E-state index in [0.29, 0.717) is 11.4 Å². The fourth-order valence-electron chi connectivity index (χ4n) is 4.58. The zero-order chi connectivity index (χ0) is 19.3. The molecule has 28 heavy (non-hydrogen) atoms. The molecule has 0 heterocycles. The van der Waals surface area contributed by atoms with Crippen LogP contribution in [-0.2, 0) is 5.41 Å². The summed E-state index contributed by atoms with van der Waals surface area (Å²) in [5, 5.41) is 10.0. The minimum atomic E-state index is -0.551. The predicted octanol–water partition coefficient (Wildman–Crippen LogP) is 4.92. The third-order valence-electron chi connectivity index (χ3n) is 5.73. The lowest BCUT2D eigenvalue weighted by Gasteiger charge is -2.34. The number of phenolic OH excluding ortho intramolecular Hbond substituents is 1. The number of hydrogen-bond acceptors (Lipinski definition) is 3. The van der Waals surface area contributed by atoms with Crippen LogP contribution in [0.4, 0.5) is 11.4 Å². The molecular formula is C25H20N2O. The van der Waals surface area contributed by atoms with Gasteiger partial charge in [0.15, 0.2) is 0 Å². The number of nitrogens with two attached hydrogens (primary N) is 2. The molecule has 0 bridgehead atoms. The van der Waals surface area contributed by atoms with Crippen molar-refractivity contribution in [2.75, 3.05) is 11.5 Å². The molecule has 5 N–H and O–H groups in total. The van der Waals surface area contributed by atoms with Crippen LogP contribution in [0.25, 0.3) is 11.1 Å². The van der Waals surface area contributed by atoms with Crippen molar-refractivity contribution in [1.82, 2.24) is 0 Å². The highest BCUT2D eigenvalue weighted by Gasteiger charge is 2.46. The van der Waals surface area contributed by atoms with Gasteiger partial charge in [0.25, 0.3) is 0 Å². The summed E-state index contributed by atoms with van der Waals surface area (Å²) >= 11 is 0. The van der Waals surface area contributed by atoms with Crippen LogP contribution < -0.4 is 11.5 Å². The third-order valence-corrected chi connectivity index (χ3v) is 5.73. The first kappa shape index (κ1) is 16.5. The minimum Gasteiger partial charge on any atom is -0.506 e. The van der Waals surface area contributed by atoms with Gasteiger partial charge in [0, 0.05) is 5.69 Å². The smallest absolute Gasteiger partial charge is 0.138 e. The monoisotopic (exact) mass is 364 g/mol. The van der Waals surface area contributed by atoms with E-state index < -0.39 is 5.41 Å². The van der Waals surface area contributed by atoms with E-state index in [2.05, 4.69) is 54.6 Å². The molecule has 4 aromatic rings. The standard InChI is InChI=1S/C25H20N2O/c26-18-7-5-6-16(14-18)25(17-12-13-24(28)23(27)15-17)21-10-3-1-8-19(21)20-9-2-4-11-22(20)25/h1-15,28H,26-27H2. The topological polar surface area (TPSA) is 72.3 Å². The summed E-state index contributed by atoms with van der Waals surface area (Å²) in [6.07, 6.45) is 0. The molecule has 0 aliphatic heterocycles. The van der Waals surface area contributed by atoms with Gasteiger partial charge in [-0.1, -0.05) is 66.7 Å². The molecule has 4 aromatic carbocycles. The van der Waals surface area contributed by atoms with Gasteiger partial charge in [-0.05, 0) is 57.6 Å². The largest absolute Gasteiger partial charge is 0.506 e. The van der Waals surface area contributed by atoms with Gasteiger partial charge in [0.1, 0.15) is 5.75 Å². The molecule has 0 unspecified atom stereocenters. The molecule has 0 radical (unpaired) electrons. The third kappa shape index (κ3) is 2.10. The molecule has 5 rings (SSSR count). The average Bonchev–Trinajstić information content (AvgIpc) is 3.02. The van der Waals surface area contributed by atoms with E-state index >= 15 is 0 Å². The van der Waals surface area contributed by atoms with Crippen LogP contribution >= 0.6 is 0 Å². The van der Waals surface area contributed by atoms with Crippen molar-refractivity contribution >= 4 is 11.4 Å². The molecule has 1 aliphatic carbocycles. The molecule has 136 valence electrons. The van der Waals surface area contributed by atoms with Crippen LogP contribution in [0, 0.1) is 0 Å². The van der Waals surface area contributed by atoms with Crippen LogP contribution in [0.1, 0.15) is 22.3 Å². The summed E-state index contributed by atoms with van der Waals surface area (Å²) < 4.78 is 0. The summed E-state index contributed by atoms with van der Waals surface area (Å²) in [5.74, 6) is 0.0889. The normalized spacial score (nSPS) is 13.7. The maximum atomic E-state index is 10.0. The van der Waals surface area contributed by atoms with Gasteiger partial charge in [-0.15, -0.1) is 0 Å². The van der Waals surface area contributed by atoms with E-state index in [1.807, 2.05) is 30.3 Å². The van der Waals surface area contributed by atoms with Crippen molar-refractivity contribution in [1.29, 1.82) is 0 Å². The van der Waals surface area contributed by atoms with Gasteiger partial charge in [-0.3, -0.25) is 0 Å². The lowest BCUT2D eigenvalue weighted by molar-refractivity contribution is 0.477. The van der Waals surface area contributed by atoms with Crippen LogP contribution in [0.3, 0.4) is 0 Å². The Morgan fingerprint density at radius 2 is 1.21 bits per heavy atom. The second-order valence-electron chi connectivity index (χ2n) is 7.24. The van der Waals surface area contributed by atoms with E-state index in [-0.39, 0.29) is 5.75 Å². The van der Waals surface area contributed by atoms with Gasteiger partial charge >= 0.3 is 0 Å². The minimum absolute atomic E-state index is 0.0889. The van der Waals surface area contributed by atoms with E-state index in [4.69, 9.17) is 11.5 Å². The Morgan fingerprint density at radius 1 is 0.607 bits per heavy atom. The SMILES string of the molecule is Nc1cccc(C2(c3ccc(O)c(N)c3)c3ccccc3-c3ccccc32)c1. The number of hydrogen-bond donors (Lipinski definition) is 3. The number of anilines is 2. The predicted molar refractivity (Wildman–Crippen MR) is 114 cm³/mol. The Balaban J connectivity index is 1.97. The van der Waals surface area contributed by atoms with Crippen molar-refractivity contribution in [2.24, 2.45) is 0 Å². The Morgan fingerprint density at radius 3 is 1.82 bits per heavy atom. The highest BCUT2D eigenvalue weighted by molar-refractivity contribution is 5.86. The molecule has 0 saturated heterocycles. The Bertz CT molecular complexity index is 1170. The molecule has 3 heteroatoms. The molecule has 1 aliphatic rings. The number of rotatable bonds is 2. The Labute approximate surface area is 163 Å². The number of fused-ring (bicyclic) bond motifs is 3. The summed E-state index contributed by atoms with van der Waals surface area (Å²) in [4.78, 5) is 0. The molecule has 0 amide bonds. The average molecular weight is 364 g/mol. The fourth-order valence-corrected chi connectivity index (χ4v) is 4.58. The number of aromatic hydroxyl groups is 1. The zero-order valence-corrected chi connectivity index (χ0v) is 15.3. The van der Waals surface area contributed by atoms with Crippen molar-refractivity contribution in [3.05, 3.63) is 113 Å². The van der Waals surface area contributed by atoms with Gasteiger partial charge in [0.2, 0.25) is 0 Å². The molecule has 0 saturated carbocycles. The quantitative estimate of drug-likeness (QED) is 0.307. The zero-order valence-electron chi connectivity index (χ0n) is 15.3. The Hall–Kier alpha value is -3.72. The fraction of sp³-hybridized carbons (Fsp3) is 0.0400. The molecule has 0 fully saturated rings. The number of nitrogen functional groups attached to an aromatic ring is 2. The van der Waals surface area contributed by atoms with E-state index in [1.165, 1.54) is 22.3 Å². The van der Waals surface area contributed by atoms with E-state index in [1.54, 1.807) is 6.07 Å². The van der Waals surface area contributed by atoms with Crippen LogP contribution in [0.5, 0.6) is 5.75 Å². The molecular weight excluding hydrogens is 344 g/mol. The van der Waals surface area contributed by atoms with Crippen molar-refractivity contribution in [3.63, 3.8) is 0 Å². The van der Waals surface area contributed by atoms with E-state index in [0.717, 1.165) is 11.1 Å². The summed E-state index contributed by atoms with van der Waals surface area (Å²) in [7, 11) is 0. The van der Waals surface area contributed by atoms with Crippen molar-refractivity contribution in [2.45, 2.75) is 5.41 Å². The first-order valence-electron chi connectivity index (χ1n) is 9.27. The maximum absolute atomic E-state index is 10.0. The van der Waals surface area contributed by atoms with Crippen LogP contribution in [-0.4, -0.2) is 5.11 Å². The van der Waals surface area contributed by atoms with Crippen LogP contribution in [0.15, 0.2) is 91.0 Å². The van der Waals surface area contributed by atoms with Gasteiger partial charge in [-0.2, -0.15) is 0 Å². The first-order chi connectivity index (χ1) is 13.6. The molecule has 0 spiro atoms. The number of benzene rings is 4. The van der Waals surface area contributed by atoms with Gasteiger partial charge < -0.3 is 16.6 Å². The lowest BCUT2D eigenvalue weighted by atomic mass is 9.67.